The first kappa shape index (κ1) is 17.1. The number of aryl methyl sites for hydroxylation is 1. The van der Waals surface area contributed by atoms with Crippen LogP contribution >= 0.6 is 0 Å². The Morgan fingerprint density at radius 2 is 2.00 bits per heavy atom. The van der Waals surface area contributed by atoms with Crippen LogP contribution in [-0.2, 0) is 9.53 Å². The van der Waals surface area contributed by atoms with E-state index in [0.29, 0.717) is 24.8 Å². The highest BCUT2D eigenvalue weighted by molar-refractivity contribution is 6.20. The Kier molecular flexibility index (Phi) is 4.22. The number of carbonyl (C=O) groups excluding carboxylic acids is 1. The van der Waals surface area contributed by atoms with Gasteiger partial charge in [0, 0.05) is 6.42 Å². The van der Waals surface area contributed by atoms with Crippen molar-refractivity contribution in [1.82, 2.24) is 0 Å². The number of carbonyl (C=O) groups is 1. The molecular weight excluding hydrogens is 331 g/mol. The molecule has 1 heterocycles. The molecule has 4 rings (SSSR count). The summed E-state index contributed by atoms with van der Waals surface area (Å²) in [7, 11) is 0. The van der Waals surface area contributed by atoms with Gasteiger partial charge in [0.05, 0.1) is 0 Å². The fourth-order valence-electron chi connectivity index (χ4n) is 4.18. The van der Waals surface area contributed by atoms with Crippen molar-refractivity contribution in [2.24, 2.45) is 0 Å². The van der Waals surface area contributed by atoms with Gasteiger partial charge in [-0.25, -0.2) is 9.18 Å². The molecule has 4 heteroatoms. The van der Waals surface area contributed by atoms with Crippen molar-refractivity contribution in [3.63, 3.8) is 0 Å². The lowest BCUT2D eigenvalue weighted by atomic mass is 9.82. The molecule has 1 atom stereocenters. The molecule has 1 aliphatic heterocycles. The molecule has 1 unspecified atom stereocenters. The van der Waals surface area contributed by atoms with Gasteiger partial charge in [-0.15, -0.1) is 0 Å². The van der Waals surface area contributed by atoms with Crippen molar-refractivity contribution < 1.29 is 19.0 Å². The van der Waals surface area contributed by atoms with Crippen molar-refractivity contribution >= 4 is 17.1 Å². The topological polar surface area (TPSA) is 46.5 Å². The SMILES string of the molecule is Cc1ccc(C2=CCC(F)C=C2)cc1C1=C(O)C2(CCCCC2)OC1=O. The summed E-state index contributed by atoms with van der Waals surface area (Å²) in [6.45, 7) is 1.92. The molecule has 0 bridgehead atoms. The third-order valence-electron chi connectivity index (χ3n) is 5.71. The van der Waals surface area contributed by atoms with Crippen molar-refractivity contribution in [2.75, 3.05) is 0 Å². The van der Waals surface area contributed by atoms with Gasteiger partial charge in [-0.2, -0.15) is 0 Å². The van der Waals surface area contributed by atoms with Crippen LogP contribution in [0.4, 0.5) is 4.39 Å². The molecule has 3 nitrogen and oxygen atoms in total. The van der Waals surface area contributed by atoms with Crippen LogP contribution < -0.4 is 0 Å². The predicted octanol–water partition coefficient (Wildman–Crippen LogP) is 5.21. The van der Waals surface area contributed by atoms with Gasteiger partial charge in [-0.05, 0) is 67.0 Å². The number of aliphatic hydroxyl groups is 1. The number of benzene rings is 1. The van der Waals surface area contributed by atoms with Crippen molar-refractivity contribution in [1.29, 1.82) is 0 Å². The highest BCUT2D eigenvalue weighted by Gasteiger charge is 2.49. The van der Waals surface area contributed by atoms with E-state index >= 15 is 0 Å². The summed E-state index contributed by atoms with van der Waals surface area (Å²) in [4.78, 5) is 12.6. The second kappa shape index (κ2) is 6.42. The number of hydrogen-bond donors (Lipinski definition) is 1. The van der Waals surface area contributed by atoms with E-state index < -0.39 is 17.7 Å². The second-order valence-corrected chi connectivity index (χ2v) is 7.47. The summed E-state index contributed by atoms with van der Waals surface area (Å²) in [6.07, 6.45) is 8.96. The van der Waals surface area contributed by atoms with Crippen molar-refractivity contribution in [3.05, 3.63) is 58.9 Å². The Morgan fingerprint density at radius 3 is 2.69 bits per heavy atom. The number of esters is 1. The molecule has 136 valence electrons. The van der Waals surface area contributed by atoms with E-state index in [9.17, 15) is 14.3 Å². The highest BCUT2D eigenvalue weighted by atomic mass is 19.1. The highest BCUT2D eigenvalue weighted by Crippen LogP contribution is 2.46. The van der Waals surface area contributed by atoms with E-state index in [2.05, 4.69) is 0 Å². The van der Waals surface area contributed by atoms with Crippen molar-refractivity contribution in [3.8, 4) is 0 Å². The molecule has 1 spiro atoms. The van der Waals surface area contributed by atoms with E-state index in [1.807, 2.05) is 31.2 Å². The molecule has 26 heavy (non-hydrogen) atoms. The van der Waals surface area contributed by atoms with Gasteiger partial charge in [-0.1, -0.05) is 30.7 Å². The third kappa shape index (κ3) is 2.77. The molecule has 3 aliphatic rings. The van der Waals surface area contributed by atoms with Gasteiger partial charge in [0.1, 0.15) is 11.7 Å². The van der Waals surface area contributed by atoms with Gasteiger partial charge >= 0.3 is 5.97 Å². The Morgan fingerprint density at radius 1 is 1.23 bits per heavy atom. The normalized spacial score (nSPS) is 24.8. The van der Waals surface area contributed by atoms with Gasteiger partial charge < -0.3 is 9.84 Å². The van der Waals surface area contributed by atoms with Gasteiger partial charge in [0.15, 0.2) is 11.4 Å². The molecule has 1 N–H and O–H groups in total. The number of halogens is 1. The van der Waals surface area contributed by atoms with E-state index in [1.54, 1.807) is 12.2 Å². The first-order valence-corrected chi connectivity index (χ1v) is 9.31. The summed E-state index contributed by atoms with van der Waals surface area (Å²) in [5, 5.41) is 10.9. The van der Waals surface area contributed by atoms with E-state index in [-0.39, 0.29) is 11.3 Å². The zero-order valence-corrected chi connectivity index (χ0v) is 14.9. The van der Waals surface area contributed by atoms with Crippen LogP contribution in [0, 0.1) is 6.92 Å². The molecular formula is C22H23FO3. The minimum absolute atomic E-state index is 0.0828. The van der Waals surface area contributed by atoms with E-state index in [0.717, 1.165) is 36.0 Å². The maximum absolute atomic E-state index is 13.3. The number of ether oxygens (including phenoxy) is 1. The minimum Gasteiger partial charge on any atom is -0.507 e. The summed E-state index contributed by atoms with van der Waals surface area (Å²) in [5.74, 6) is -0.360. The number of alkyl halides is 1. The molecule has 0 saturated heterocycles. The molecule has 1 fully saturated rings. The van der Waals surface area contributed by atoms with Crippen molar-refractivity contribution in [2.45, 2.75) is 57.2 Å². The Bertz CT molecular complexity index is 841. The molecule has 0 amide bonds. The van der Waals surface area contributed by atoms with Gasteiger partial charge in [0.2, 0.25) is 0 Å². The zero-order chi connectivity index (χ0) is 18.3. The number of aliphatic hydroxyl groups excluding tert-OH is 1. The average molecular weight is 354 g/mol. The summed E-state index contributed by atoms with van der Waals surface area (Å²) >= 11 is 0. The molecule has 1 saturated carbocycles. The largest absolute Gasteiger partial charge is 0.507 e. The monoisotopic (exact) mass is 354 g/mol. The van der Waals surface area contributed by atoms with Gasteiger partial charge in [0.25, 0.3) is 0 Å². The average Bonchev–Trinajstić information content (AvgIpc) is 2.87. The van der Waals surface area contributed by atoms with Crippen LogP contribution in [0.2, 0.25) is 0 Å². The third-order valence-corrected chi connectivity index (χ3v) is 5.71. The minimum atomic E-state index is -0.939. The Labute approximate surface area is 152 Å². The van der Waals surface area contributed by atoms with Crippen LogP contribution in [0.5, 0.6) is 0 Å². The molecule has 1 aromatic rings. The molecule has 2 aliphatic carbocycles. The van der Waals surface area contributed by atoms with Crippen LogP contribution in [0.25, 0.3) is 11.1 Å². The molecule has 1 aromatic carbocycles. The zero-order valence-electron chi connectivity index (χ0n) is 14.9. The molecule has 0 radical (unpaired) electrons. The lowest BCUT2D eigenvalue weighted by Crippen LogP contribution is -2.34. The summed E-state index contributed by atoms with van der Waals surface area (Å²) in [5.41, 5.74) is 2.90. The number of rotatable bonds is 2. The Hall–Kier alpha value is -2.36. The smallest absolute Gasteiger partial charge is 0.343 e. The lowest BCUT2D eigenvalue weighted by molar-refractivity contribution is -0.149. The standard InChI is InChI=1S/C22H23FO3/c1-14-5-6-16(15-7-9-17(23)10-8-15)13-18(14)19-20(24)22(26-21(19)25)11-3-2-4-12-22/h5-9,13,17,24H,2-4,10-12H2,1H3. The van der Waals surface area contributed by atoms with E-state index in [1.165, 1.54) is 0 Å². The lowest BCUT2D eigenvalue weighted by Gasteiger charge is -2.31. The van der Waals surface area contributed by atoms with Crippen LogP contribution in [-0.4, -0.2) is 22.8 Å². The van der Waals surface area contributed by atoms with Crippen LogP contribution in [0.3, 0.4) is 0 Å². The molecule has 0 aromatic heterocycles. The van der Waals surface area contributed by atoms with Crippen LogP contribution in [0.15, 0.2) is 42.2 Å². The fraction of sp³-hybridized carbons (Fsp3) is 0.409. The quantitative estimate of drug-likeness (QED) is 0.742. The Balaban J connectivity index is 1.76. The number of allylic oxidation sites excluding steroid dienone is 4. The first-order chi connectivity index (χ1) is 12.5. The fourth-order valence-corrected chi connectivity index (χ4v) is 4.18. The first-order valence-electron chi connectivity index (χ1n) is 9.31. The van der Waals surface area contributed by atoms with Crippen LogP contribution in [0.1, 0.15) is 55.2 Å². The maximum Gasteiger partial charge on any atom is 0.343 e. The maximum atomic E-state index is 13.3. The summed E-state index contributed by atoms with van der Waals surface area (Å²) in [6, 6.07) is 5.79. The van der Waals surface area contributed by atoms with Gasteiger partial charge in [-0.3, -0.25) is 0 Å². The second-order valence-electron chi connectivity index (χ2n) is 7.47. The predicted molar refractivity (Wildman–Crippen MR) is 99.3 cm³/mol. The number of hydrogen-bond acceptors (Lipinski definition) is 3. The summed E-state index contributed by atoms with van der Waals surface area (Å²) < 4.78 is 19.0. The van der Waals surface area contributed by atoms with E-state index in [4.69, 9.17) is 4.74 Å².